The number of halogens is 6. The molecule has 1 aliphatic heterocycles. The van der Waals surface area contributed by atoms with Crippen molar-refractivity contribution < 1.29 is 31.1 Å². The molecule has 1 heterocycles. The van der Waals surface area contributed by atoms with E-state index in [9.17, 15) is 26.3 Å². The summed E-state index contributed by atoms with van der Waals surface area (Å²) in [6, 6.07) is 3.38. The summed E-state index contributed by atoms with van der Waals surface area (Å²) in [5.74, 6) is -5.66. The number of nitrogens with two attached hydrogens (primary N) is 2. The van der Waals surface area contributed by atoms with E-state index in [2.05, 4.69) is 9.98 Å². The zero-order valence-corrected chi connectivity index (χ0v) is 17.1. The molecule has 2 aliphatic rings. The average Bonchev–Trinajstić information content (AvgIpc) is 2.71. The fourth-order valence-electron chi connectivity index (χ4n) is 4.16. The van der Waals surface area contributed by atoms with Crippen LogP contribution in [0.1, 0.15) is 37.7 Å². The van der Waals surface area contributed by atoms with Gasteiger partial charge in [-0.25, -0.2) is 18.2 Å². The molecule has 1 aliphatic carbocycles. The molecule has 2 aromatic rings. The molecule has 0 amide bonds. The van der Waals surface area contributed by atoms with Gasteiger partial charge in [-0.05, 0) is 49.9 Å². The van der Waals surface area contributed by atoms with Gasteiger partial charge in [-0.2, -0.15) is 18.2 Å². The van der Waals surface area contributed by atoms with Gasteiger partial charge in [-0.1, -0.05) is 6.42 Å². The standard InChI is InChI=1S/C21H19F6N5O/c22-12-4-5-15(32-19(29)30-18(28)31-20(32)6-2-1-3-7-20)16(10-12)33-17-13(23)8-11(9-14(17)24)21(25,26)27/h4-5,8-10H,1-3,6-7H2,(H4,28,29,30,31). The predicted octanol–water partition coefficient (Wildman–Crippen LogP) is 5.02. The van der Waals surface area contributed by atoms with Crippen molar-refractivity contribution in [1.29, 1.82) is 0 Å². The highest BCUT2D eigenvalue weighted by molar-refractivity contribution is 6.06. The van der Waals surface area contributed by atoms with E-state index in [1.807, 2.05) is 0 Å². The Labute approximate surface area is 184 Å². The van der Waals surface area contributed by atoms with Crippen molar-refractivity contribution in [2.45, 2.75) is 43.9 Å². The van der Waals surface area contributed by atoms with Crippen LogP contribution in [-0.2, 0) is 6.18 Å². The van der Waals surface area contributed by atoms with E-state index < -0.39 is 40.6 Å². The number of benzene rings is 2. The van der Waals surface area contributed by atoms with Crippen molar-refractivity contribution in [1.82, 2.24) is 0 Å². The van der Waals surface area contributed by atoms with E-state index in [4.69, 9.17) is 16.2 Å². The maximum absolute atomic E-state index is 14.4. The van der Waals surface area contributed by atoms with E-state index >= 15 is 0 Å². The molecule has 0 aromatic heterocycles. The molecular formula is C21H19F6N5O. The molecule has 4 N–H and O–H groups in total. The van der Waals surface area contributed by atoms with Crippen LogP contribution in [0.25, 0.3) is 0 Å². The molecular weight excluding hydrogens is 452 g/mol. The molecule has 12 heteroatoms. The number of guanidine groups is 2. The van der Waals surface area contributed by atoms with Crippen molar-refractivity contribution in [2.75, 3.05) is 4.90 Å². The molecule has 1 spiro atoms. The second-order valence-electron chi connectivity index (χ2n) is 7.80. The van der Waals surface area contributed by atoms with Gasteiger partial charge in [0.15, 0.2) is 23.1 Å². The minimum atomic E-state index is -4.96. The Hall–Kier alpha value is -3.44. The highest BCUT2D eigenvalue weighted by Gasteiger charge is 2.44. The molecule has 176 valence electrons. The molecule has 2 aromatic carbocycles. The molecule has 1 saturated carbocycles. The van der Waals surface area contributed by atoms with E-state index in [0.29, 0.717) is 12.8 Å². The first-order valence-corrected chi connectivity index (χ1v) is 10.0. The van der Waals surface area contributed by atoms with Crippen LogP contribution >= 0.6 is 0 Å². The van der Waals surface area contributed by atoms with Crippen molar-refractivity contribution in [2.24, 2.45) is 21.5 Å². The van der Waals surface area contributed by atoms with E-state index in [1.165, 1.54) is 11.0 Å². The summed E-state index contributed by atoms with van der Waals surface area (Å²) in [5.41, 5.74) is 9.53. The highest BCUT2D eigenvalue weighted by atomic mass is 19.4. The number of ether oxygens (including phenoxy) is 1. The van der Waals surface area contributed by atoms with Crippen LogP contribution in [0.3, 0.4) is 0 Å². The van der Waals surface area contributed by atoms with Crippen LogP contribution in [0.2, 0.25) is 0 Å². The van der Waals surface area contributed by atoms with Crippen LogP contribution in [0.4, 0.5) is 32.0 Å². The quantitative estimate of drug-likeness (QED) is 0.615. The molecule has 6 nitrogen and oxygen atoms in total. The second-order valence-corrected chi connectivity index (χ2v) is 7.80. The first-order chi connectivity index (χ1) is 15.5. The lowest BCUT2D eigenvalue weighted by atomic mass is 9.87. The molecule has 1 fully saturated rings. The second kappa shape index (κ2) is 8.16. The Morgan fingerprint density at radius 3 is 2.18 bits per heavy atom. The average molecular weight is 471 g/mol. The van der Waals surface area contributed by atoms with E-state index in [0.717, 1.165) is 31.4 Å². The van der Waals surface area contributed by atoms with Gasteiger partial charge in [0, 0.05) is 6.07 Å². The minimum absolute atomic E-state index is 0.0462. The van der Waals surface area contributed by atoms with Crippen molar-refractivity contribution in [3.63, 3.8) is 0 Å². The van der Waals surface area contributed by atoms with Crippen molar-refractivity contribution in [3.05, 3.63) is 53.3 Å². The fraction of sp³-hybridized carbons (Fsp3) is 0.333. The van der Waals surface area contributed by atoms with Gasteiger partial charge in [0.25, 0.3) is 0 Å². The number of aliphatic imine (C=N–C) groups is 2. The van der Waals surface area contributed by atoms with Gasteiger partial charge in [0.05, 0.1) is 11.3 Å². The first-order valence-electron chi connectivity index (χ1n) is 10.0. The SMILES string of the molecule is NC1=NC2(CCCCC2)N(c2ccc(F)cc2Oc2c(F)cc(C(F)(F)F)cc2F)C(N)=N1. The van der Waals surface area contributed by atoms with Gasteiger partial charge in [-0.3, -0.25) is 4.90 Å². The van der Waals surface area contributed by atoms with Gasteiger partial charge < -0.3 is 16.2 Å². The van der Waals surface area contributed by atoms with Crippen molar-refractivity contribution in [3.8, 4) is 11.5 Å². The molecule has 0 saturated heterocycles. The fourth-order valence-corrected chi connectivity index (χ4v) is 4.16. The van der Waals surface area contributed by atoms with Gasteiger partial charge in [-0.15, -0.1) is 0 Å². The number of hydrogen-bond donors (Lipinski definition) is 2. The Morgan fingerprint density at radius 2 is 1.58 bits per heavy atom. The summed E-state index contributed by atoms with van der Waals surface area (Å²) >= 11 is 0. The zero-order chi connectivity index (χ0) is 24.0. The topological polar surface area (TPSA) is 89.2 Å². The summed E-state index contributed by atoms with van der Waals surface area (Å²) in [6.07, 6.45) is -1.43. The number of nitrogens with zero attached hydrogens (tertiary/aromatic N) is 3. The van der Waals surface area contributed by atoms with E-state index in [-0.39, 0.29) is 35.5 Å². The first kappa shape index (κ1) is 22.7. The third kappa shape index (κ3) is 4.29. The number of alkyl halides is 3. The van der Waals surface area contributed by atoms with Gasteiger partial charge in [0.1, 0.15) is 11.5 Å². The summed E-state index contributed by atoms with van der Waals surface area (Å²) < 4.78 is 86.8. The summed E-state index contributed by atoms with van der Waals surface area (Å²) in [5, 5.41) is 0. The Balaban J connectivity index is 1.80. The van der Waals surface area contributed by atoms with Crippen LogP contribution in [-0.4, -0.2) is 17.6 Å². The lowest BCUT2D eigenvalue weighted by molar-refractivity contribution is -0.138. The third-order valence-corrected chi connectivity index (χ3v) is 5.55. The molecule has 0 bridgehead atoms. The lowest BCUT2D eigenvalue weighted by Gasteiger charge is -2.45. The lowest BCUT2D eigenvalue weighted by Crippen LogP contribution is -2.58. The van der Waals surface area contributed by atoms with Gasteiger partial charge >= 0.3 is 6.18 Å². The molecule has 0 unspecified atom stereocenters. The number of hydrogen-bond acceptors (Lipinski definition) is 6. The van der Waals surface area contributed by atoms with Crippen LogP contribution in [0, 0.1) is 17.5 Å². The maximum atomic E-state index is 14.4. The van der Waals surface area contributed by atoms with Gasteiger partial charge in [0.2, 0.25) is 11.9 Å². The largest absolute Gasteiger partial charge is 0.449 e. The highest BCUT2D eigenvalue weighted by Crippen LogP contribution is 2.44. The summed E-state index contributed by atoms with van der Waals surface area (Å²) in [7, 11) is 0. The number of rotatable bonds is 3. The zero-order valence-electron chi connectivity index (χ0n) is 17.1. The minimum Gasteiger partial charge on any atom is -0.449 e. The predicted molar refractivity (Wildman–Crippen MR) is 109 cm³/mol. The van der Waals surface area contributed by atoms with E-state index in [1.54, 1.807) is 0 Å². The maximum Gasteiger partial charge on any atom is 0.416 e. The van der Waals surface area contributed by atoms with Crippen LogP contribution in [0.5, 0.6) is 11.5 Å². The van der Waals surface area contributed by atoms with Crippen LogP contribution < -0.4 is 21.1 Å². The summed E-state index contributed by atoms with van der Waals surface area (Å²) in [4.78, 5) is 9.87. The van der Waals surface area contributed by atoms with Crippen molar-refractivity contribution >= 4 is 17.6 Å². The number of anilines is 1. The van der Waals surface area contributed by atoms with Crippen LogP contribution in [0.15, 0.2) is 40.3 Å². The Bertz CT molecular complexity index is 1120. The Kier molecular flexibility index (Phi) is 5.62. The molecule has 0 atom stereocenters. The molecule has 0 radical (unpaired) electrons. The Morgan fingerprint density at radius 1 is 0.939 bits per heavy atom. The molecule has 4 rings (SSSR count). The normalized spacial score (nSPS) is 18.2. The summed E-state index contributed by atoms with van der Waals surface area (Å²) in [6.45, 7) is 0. The third-order valence-electron chi connectivity index (χ3n) is 5.55. The molecule has 33 heavy (non-hydrogen) atoms. The smallest absolute Gasteiger partial charge is 0.416 e. The monoisotopic (exact) mass is 471 g/mol.